The second-order valence-electron chi connectivity index (χ2n) is 5.61. The molecule has 0 aliphatic carbocycles. The Morgan fingerprint density at radius 3 is 2.00 bits per heavy atom. The van der Waals surface area contributed by atoms with Crippen molar-refractivity contribution < 1.29 is 9.59 Å². The maximum absolute atomic E-state index is 11.7. The van der Waals surface area contributed by atoms with E-state index in [0.29, 0.717) is 24.8 Å². The maximum Gasteiger partial charge on any atom is 0.242 e. The Balaban J connectivity index is 4.09. The second-order valence-corrected chi connectivity index (χ2v) is 5.61. The molecule has 2 atom stereocenters. The molecule has 0 heterocycles. The van der Waals surface area contributed by atoms with Gasteiger partial charge in [0.15, 0.2) is 0 Å². The summed E-state index contributed by atoms with van der Waals surface area (Å²) in [5, 5.41) is 5.40. The number of nitrogens with two attached hydrogens (primary N) is 1. The van der Waals surface area contributed by atoms with Gasteiger partial charge in [-0.2, -0.15) is 0 Å². The third kappa shape index (κ3) is 7.27. The van der Waals surface area contributed by atoms with Crippen molar-refractivity contribution in [3.63, 3.8) is 0 Å². The van der Waals surface area contributed by atoms with E-state index in [1.807, 2.05) is 27.7 Å². The zero-order valence-corrected chi connectivity index (χ0v) is 12.1. The van der Waals surface area contributed by atoms with Gasteiger partial charge in [-0.15, -0.1) is 0 Å². The minimum Gasteiger partial charge on any atom is -0.354 e. The topological polar surface area (TPSA) is 84.2 Å². The van der Waals surface area contributed by atoms with Crippen LogP contribution in [0.1, 0.15) is 41.0 Å². The highest BCUT2D eigenvalue weighted by Crippen LogP contribution is 2.02. The van der Waals surface area contributed by atoms with E-state index in [4.69, 9.17) is 5.73 Å². The first-order valence-electron chi connectivity index (χ1n) is 6.57. The molecule has 0 saturated heterocycles. The molecule has 5 nitrogen and oxygen atoms in total. The van der Waals surface area contributed by atoms with Crippen molar-refractivity contribution in [2.75, 3.05) is 6.54 Å². The third-order valence-electron chi connectivity index (χ3n) is 2.50. The fraction of sp³-hybridized carbons (Fsp3) is 0.846. The average molecular weight is 257 g/mol. The van der Waals surface area contributed by atoms with E-state index in [1.54, 1.807) is 6.92 Å². The lowest BCUT2D eigenvalue weighted by Gasteiger charge is -2.18. The van der Waals surface area contributed by atoms with Gasteiger partial charge >= 0.3 is 0 Å². The molecule has 0 spiro atoms. The first-order valence-corrected chi connectivity index (χ1v) is 6.57. The number of amides is 2. The molecule has 0 aromatic rings. The number of nitrogens with one attached hydrogen (secondary N) is 2. The van der Waals surface area contributed by atoms with Gasteiger partial charge in [-0.1, -0.05) is 27.7 Å². The van der Waals surface area contributed by atoms with Crippen LogP contribution in [0.3, 0.4) is 0 Å². The van der Waals surface area contributed by atoms with Crippen molar-refractivity contribution in [3.05, 3.63) is 0 Å². The summed E-state index contributed by atoms with van der Waals surface area (Å²) in [5.41, 5.74) is 5.75. The van der Waals surface area contributed by atoms with Crippen LogP contribution in [0.15, 0.2) is 0 Å². The molecule has 5 heteroatoms. The van der Waals surface area contributed by atoms with Gasteiger partial charge in [-0.25, -0.2) is 0 Å². The SMILES string of the molecule is CC(C)CNC(=O)C(C)NC(=O)[C@@H](N)CC(C)C. The summed E-state index contributed by atoms with van der Waals surface area (Å²) in [6.07, 6.45) is 0.617. The molecule has 0 fully saturated rings. The first kappa shape index (κ1) is 16.9. The van der Waals surface area contributed by atoms with Gasteiger partial charge in [-0.3, -0.25) is 9.59 Å². The summed E-state index contributed by atoms with van der Waals surface area (Å²) in [6.45, 7) is 10.3. The van der Waals surface area contributed by atoms with Crippen molar-refractivity contribution in [3.8, 4) is 0 Å². The predicted octanol–water partition coefficient (Wildman–Crippen LogP) is 0.637. The Bertz CT molecular complexity index is 277. The van der Waals surface area contributed by atoms with E-state index in [1.165, 1.54) is 0 Å². The zero-order chi connectivity index (χ0) is 14.3. The van der Waals surface area contributed by atoms with Crippen LogP contribution in [0.4, 0.5) is 0 Å². The number of rotatable bonds is 7. The van der Waals surface area contributed by atoms with Crippen LogP contribution in [0.25, 0.3) is 0 Å². The Morgan fingerprint density at radius 1 is 1.00 bits per heavy atom. The molecule has 1 unspecified atom stereocenters. The lowest BCUT2D eigenvalue weighted by molar-refractivity contribution is -0.129. The predicted molar refractivity (Wildman–Crippen MR) is 72.9 cm³/mol. The Hall–Kier alpha value is -1.10. The van der Waals surface area contributed by atoms with E-state index in [0.717, 1.165) is 0 Å². The molecule has 0 aliphatic heterocycles. The van der Waals surface area contributed by atoms with Crippen LogP contribution in [-0.2, 0) is 9.59 Å². The number of hydrogen-bond acceptors (Lipinski definition) is 3. The molecule has 4 N–H and O–H groups in total. The molecule has 0 radical (unpaired) electrons. The molecular formula is C13H27N3O2. The monoisotopic (exact) mass is 257 g/mol. The van der Waals surface area contributed by atoms with Gasteiger partial charge in [0.1, 0.15) is 6.04 Å². The Labute approximate surface area is 110 Å². The van der Waals surface area contributed by atoms with Gasteiger partial charge < -0.3 is 16.4 Å². The molecule has 0 rings (SSSR count). The smallest absolute Gasteiger partial charge is 0.242 e. The van der Waals surface area contributed by atoms with Crippen LogP contribution < -0.4 is 16.4 Å². The van der Waals surface area contributed by atoms with E-state index in [-0.39, 0.29) is 11.8 Å². The van der Waals surface area contributed by atoms with Crippen LogP contribution in [-0.4, -0.2) is 30.4 Å². The van der Waals surface area contributed by atoms with Gasteiger partial charge in [0, 0.05) is 6.54 Å². The average Bonchev–Trinajstić information content (AvgIpc) is 2.24. The Morgan fingerprint density at radius 2 is 1.56 bits per heavy atom. The quantitative estimate of drug-likeness (QED) is 0.625. The highest BCUT2D eigenvalue weighted by Gasteiger charge is 2.20. The lowest BCUT2D eigenvalue weighted by Crippen LogP contribution is -2.50. The van der Waals surface area contributed by atoms with Crippen molar-refractivity contribution in [1.29, 1.82) is 0 Å². The van der Waals surface area contributed by atoms with E-state index >= 15 is 0 Å². The van der Waals surface area contributed by atoms with Crippen LogP contribution in [0.2, 0.25) is 0 Å². The molecule has 0 aromatic carbocycles. The molecule has 2 amide bonds. The van der Waals surface area contributed by atoms with E-state index < -0.39 is 12.1 Å². The summed E-state index contributed by atoms with van der Waals surface area (Å²) >= 11 is 0. The highest BCUT2D eigenvalue weighted by molar-refractivity contribution is 5.89. The summed E-state index contributed by atoms with van der Waals surface area (Å²) in [7, 11) is 0. The van der Waals surface area contributed by atoms with Crippen molar-refractivity contribution in [1.82, 2.24) is 10.6 Å². The van der Waals surface area contributed by atoms with Crippen molar-refractivity contribution >= 4 is 11.8 Å². The van der Waals surface area contributed by atoms with Crippen molar-refractivity contribution in [2.24, 2.45) is 17.6 Å². The molecule has 106 valence electrons. The van der Waals surface area contributed by atoms with Gasteiger partial charge in [0.05, 0.1) is 6.04 Å². The number of carbonyl (C=O) groups is 2. The third-order valence-corrected chi connectivity index (χ3v) is 2.50. The molecule has 0 aromatic heterocycles. The fourth-order valence-electron chi connectivity index (χ4n) is 1.46. The largest absolute Gasteiger partial charge is 0.354 e. The second kappa shape index (κ2) is 8.08. The minimum absolute atomic E-state index is 0.172. The molecule has 18 heavy (non-hydrogen) atoms. The summed E-state index contributed by atoms with van der Waals surface area (Å²) in [4.78, 5) is 23.4. The van der Waals surface area contributed by atoms with Gasteiger partial charge in [0.25, 0.3) is 0 Å². The first-order chi connectivity index (χ1) is 8.23. The zero-order valence-electron chi connectivity index (χ0n) is 12.1. The molecule has 0 saturated carbocycles. The lowest BCUT2D eigenvalue weighted by atomic mass is 10.0. The standard InChI is InChI=1S/C13H27N3O2/c1-8(2)6-11(14)13(18)16-10(5)12(17)15-7-9(3)4/h8-11H,6-7,14H2,1-5H3,(H,15,17)(H,16,18)/t10?,11-/m0/s1. The number of carbonyl (C=O) groups excluding carboxylic acids is 2. The molecule has 0 aliphatic rings. The summed E-state index contributed by atoms with van der Waals surface area (Å²) in [6, 6.07) is -1.10. The summed E-state index contributed by atoms with van der Waals surface area (Å²) in [5.74, 6) is 0.306. The highest BCUT2D eigenvalue weighted by atomic mass is 16.2. The van der Waals surface area contributed by atoms with Crippen LogP contribution >= 0.6 is 0 Å². The Kier molecular flexibility index (Phi) is 7.59. The van der Waals surface area contributed by atoms with Crippen molar-refractivity contribution in [2.45, 2.75) is 53.1 Å². The maximum atomic E-state index is 11.7. The number of hydrogen-bond donors (Lipinski definition) is 3. The molecular weight excluding hydrogens is 230 g/mol. The summed E-state index contributed by atoms with van der Waals surface area (Å²) < 4.78 is 0. The van der Waals surface area contributed by atoms with Gasteiger partial charge in [0.2, 0.25) is 11.8 Å². The van der Waals surface area contributed by atoms with E-state index in [9.17, 15) is 9.59 Å². The van der Waals surface area contributed by atoms with Crippen LogP contribution in [0, 0.1) is 11.8 Å². The van der Waals surface area contributed by atoms with Gasteiger partial charge in [-0.05, 0) is 25.2 Å². The normalized spacial score (nSPS) is 14.4. The fourth-order valence-corrected chi connectivity index (χ4v) is 1.46. The minimum atomic E-state index is -0.551. The molecule has 0 bridgehead atoms. The van der Waals surface area contributed by atoms with E-state index in [2.05, 4.69) is 10.6 Å². The van der Waals surface area contributed by atoms with Crippen LogP contribution in [0.5, 0.6) is 0 Å².